The smallest absolute Gasteiger partial charge is 0.0461 e. The normalized spacial score (nSPS) is 10.7. The second-order valence-electron chi connectivity index (χ2n) is 6.66. The maximum absolute atomic E-state index is 9.02. The lowest BCUT2D eigenvalue weighted by Gasteiger charge is -2.26. The zero-order chi connectivity index (χ0) is 18.9. The number of hydrogen-bond donors (Lipinski definition) is 2. The average Bonchev–Trinajstić information content (AvgIpc) is 2.73. The Labute approximate surface area is 161 Å². The van der Waals surface area contributed by atoms with Crippen LogP contribution < -0.4 is 4.90 Å². The molecule has 3 heteroatoms. The standard InChI is InChI=1S/C24H27NO2/c26-18-4-6-20-10-14-23(15-11-20)25(22-8-2-1-3-9-22)24-16-12-21(13-17-24)7-5-19-27/h1-3,8-17,26-27H,4-7,18-19H2. The van der Waals surface area contributed by atoms with Gasteiger partial charge in [0.05, 0.1) is 0 Å². The topological polar surface area (TPSA) is 43.7 Å². The second kappa shape index (κ2) is 9.91. The van der Waals surface area contributed by atoms with Gasteiger partial charge in [-0.1, -0.05) is 42.5 Å². The van der Waals surface area contributed by atoms with Crippen LogP contribution in [0, 0.1) is 0 Å². The molecule has 0 aliphatic heterocycles. The van der Waals surface area contributed by atoms with Crippen LogP contribution in [0.5, 0.6) is 0 Å². The van der Waals surface area contributed by atoms with Crippen LogP contribution in [0.3, 0.4) is 0 Å². The Kier molecular flexibility index (Phi) is 7.03. The van der Waals surface area contributed by atoms with Gasteiger partial charge in [0.15, 0.2) is 0 Å². The molecule has 27 heavy (non-hydrogen) atoms. The van der Waals surface area contributed by atoms with Crippen molar-refractivity contribution >= 4 is 17.1 Å². The molecule has 0 unspecified atom stereocenters. The minimum atomic E-state index is 0.223. The highest BCUT2D eigenvalue weighted by Gasteiger charge is 2.12. The quantitative estimate of drug-likeness (QED) is 0.563. The molecule has 0 aliphatic rings. The molecule has 140 valence electrons. The van der Waals surface area contributed by atoms with Gasteiger partial charge in [0.25, 0.3) is 0 Å². The number of aliphatic hydroxyl groups is 2. The first-order chi connectivity index (χ1) is 13.3. The van der Waals surface area contributed by atoms with Crippen LogP contribution in [0.2, 0.25) is 0 Å². The summed E-state index contributed by atoms with van der Waals surface area (Å²) in [5.74, 6) is 0. The molecule has 0 bridgehead atoms. The molecule has 0 spiro atoms. The average molecular weight is 361 g/mol. The van der Waals surface area contributed by atoms with Crippen molar-refractivity contribution in [3.05, 3.63) is 90.0 Å². The van der Waals surface area contributed by atoms with Crippen molar-refractivity contribution in [3.8, 4) is 0 Å². The molecule has 0 aliphatic carbocycles. The first kappa shape index (κ1) is 19.2. The van der Waals surface area contributed by atoms with Crippen LogP contribution in [0.1, 0.15) is 24.0 Å². The summed E-state index contributed by atoms with van der Waals surface area (Å²) in [5.41, 5.74) is 5.80. The molecule has 0 saturated carbocycles. The van der Waals surface area contributed by atoms with E-state index in [4.69, 9.17) is 10.2 Å². The first-order valence-corrected chi connectivity index (χ1v) is 9.56. The number of nitrogens with zero attached hydrogens (tertiary/aromatic N) is 1. The van der Waals surface area contributed by atoms with Gasteiger partial charge in [-0.15, -0.1) is 0 Å². The van der Waals surface area contributed by atoms with Gasteiger partial charge in [0.2, 0.25) is 0 Å². The molecule has 0 amide bonds. The molecule has 3 aromatic carbocycles. The summed E-state index contributed by atoms with van der Waals surface area (Å²) in [4.78, 5) is 2.24. The van der Waals surface area contributed by atoms with Crippen LogP contribution in [-0.4, -0.2) is 23.4 Å². The van der Waals surface area contributed by atoms with E-state index in [2.05, 4.69) is 65.6 Å². The van der Waals surface area contributed by atoms with Gasteiger partial charge >= 0.3 is 0 Å². The molecular formula is C24H27NO2. The van der Waals surface area contributed by atoms with Gasteiger partial charge in [-0.25, -0.2) is 0 Å². The van der Waals surface area contributed by atoms with Crippen LogP contribution in [-0.2, 0) is 12.8 Å². The summed E-state index contributed by atoms with van der Waals surface area (Å²) >= 11 is 0. The maximum atomic E-state index is 9.02. The fourth-order valence-electron chi connectivity index (χ4n) is 3.21. The van der Waals surface area contributed by atoms with E-state index in [1.165, 1.54) is 11.1 Å². The molecule has 3 nitrogen and oxygen atoms in total. The molecule has 0 fully saturated rings. The number of para-hydroxylation sites is 1. The second-order valence-corrected chi connectivity index (χ2v) is 6.66. The van der Waals surface area contributed by atoms with Gasteiger partial charge in [-0.3, -0.25) is 0 Å². The van der Waals surface area contributed by atoms with E-state index in [1.807, 2.05) is 18.2 Å². The third-order valence-electron chi connectivity index (χ3n) is 4.65. The Hall–Kier alpha value is -2.62. The van der Waals surface area contributed by atoms with Gasteiger partial charge < -0.3 is 15.1 Å². The lowest BCUT2D eigenvalue weighted by atomic mass is 10.1. The Morgan fingerprint density at radius 3 is 1.33 bits per heavy atom. The van der Waals surface area contributed by atoms with Crippen LogP contribution in [0.4, 0.5) is 17.1 Å². The third-order valence-corrected chi connectivity index (χ3v) is 4.65. The minimum absolute atomic E-state index is 0.223. The van der Waals surface area contributed by atoms with Crippen molar-refractivity contribution in [2.24, 2.45) is 0 Å². The molecule has 0 aromatic heterocycles. The Morgan fingerprint density at radius 1 is 0.519 bits per heavy atom. The Morgan fingerprint density at radius 2 is 0.926 bits per heavy atom. The van der Waals surface area contributed by atoms with Gasteiger partial charge in [-0.05, 0) is 73.2 Å². The SMILES string of the molecule is OCCCc1ccc(N(c2ccccc2)c2ccc(CCCO)cc2)cc1. The van der Waals surface area contributed by atoms with Crippen LogP contribution in [0.15, 0.2) is 78.9 Å². The minimum Gasteiger partial charge on any atom is -0.396 e. The van der Waals surface area contributed by atoms with Crippen molar-refractivity contribution in [2.45, 2.75) is 25.7 Å². The predicted molar refractivity (Wildman–Crippen MR) is 112 cm³/mol. The van der Waals surface area contributed by atoms with Gasteiger partial charge in [0, 0.05) is 30.3 Å². The third kappa shape index (κ3) is 5.19. The largest absolute Gasteiger partial charge is 0.396 e. The van der Waals surface area contributed by atoms with Gasteiger partial charge in [-0.2, -0.15) is 0 Å². The lowest BCUT2D eigenvalue weighted by molar-refractivity contribution is 0.288. The Balaban J connectivity index is 1.90. The molecule has 0 atom stereocenters. The number of hydrogen-bond acceptors (Lipinski definition) is 3. The van der Waals surface area contributed by atoms with E-state index in [0.717, 1.165) is 42.7 Å². The van der Waals surface area contributed by atoms with E-state index in [0.29, 0.717) is 0 Å². The first-order valence-electron chi connectivity index (χ1n) is 9.56. The zero-order valence-corrected chi connectivity index (χ0v) is 15.6. The molecule has 0 radical (unpaired) electrons. The number of aryl methyl sites for hydroxylation is 2. The van der Waals surface area contributed by atoms with E-state index < -0.39 is 0 Å². The van der Waals surface area contributed by atoms with Crippen molar-refractivity contribution < 1.29 is 10.2 Å². The summed E-state index contributed by atoms with van der Waals surface area (Å²) in [6.07, 6.45) is 3.36. The highest BCUT2D eigenvalue weighted by Crippen LogP contribution is 2.34. The maximum Gasteiger partial charge on any atom is 0.0461 e. The predicted octanol–water partition coefficient (Wildman–Crippen LogP) is 5.01. The fraction of sp³-hybridized carbons (Fsp3) is 0.250. The molecule has 3 rings (SSSR count). The van der Waals surface area contributed by atoms with Crippen molar-refractivity contribution in [1.29, 1.82) is 0 Å². The van der Waals surface area contributed by atoms with Crippen LogP contribution >= 0.6 is 0 Å². The summed E-state index contributed by atoms with van der Waals surface area (Å²) in [5, 5.41) is 18.0. The zero-order valence-electron chi connectivity index (χ0n) is 15.6. The molecule has 2 N–H and O–H groups in total. The number of aliphatic hydroxyl groups excluding tert-OH is 2. The summed E-state index contributed by atoms with van der Waals surface area (Å²) in [6, 6.07) is 27.4. The van der Waals surface area contributed by atoms with Crippen molar-refractivity contribution in [1.82, 2.24) is 0 Å². The molecular weight excluding hydrogens is 334 g/mol. The van der Waals surface area contributed by atoms with E-state index in [-0.39, 0.29) is 13.2 Å². The summed E-state index contributed by atoms with van der Waals surface area (Å²) in [7, 11) is 0. The lowest BCUT2D eigenvalue weighted by Crippen LogP contribution is -2.10. The highest BCUT2D eigenvalue weighted by molar-refractivity contribution is 5.76. The fourth-order valence-corrected chi connectivity index (χ4v) is 3.21. The Bertz CT molecular complexity index is 747. The van der Waals surface area contributed by atoms with Gasteiger partial charge in [0.1, 0.15) is 0 Å². The van der Waals surface area contributed by atoms with E-state index in [9.17, 15) is 0 Å². The highest BCUT2D eigenvalue weighted by atomic mass is 16.3. The number of rotatable bonds is 9. The molecule has 0 heterocycles. The van der Waals surface area contributed by atoms with E-state index >= 15 is 0 Å². The summed E-state index contributed by atoms with van der Waals surface area (Å²) < 4.78 is 0. The van der Waals surface area contributed by atoms with E-state index in [1.54, 1.807) is 0 Å². The number of benzene rings is 3. The van der Waals surface area contributed by atoms with Crippen molar-refractivity contribution in [2.75, 3.05) is 18.1 Å². The monoisotopic (exact) mass is 361 g/mol. The molecule has 3 aromatic rings. The molecule has 0 saturated heterocycles. The van der Waals surface area contributed by atoms with Crippen LogP contribution in [0.25, 0.3) is 0 Å². The van der Waals surface area contributed by atoms with Crippen molar-refractivity contribution in [3.63, 3.8) is 0 Å². The number of anilines is 3. The summed E-state index contributed by atoms with van der Waals surface area (Å²) in [6.45, 7) is 0.445.